The van der Waals surface area contributed by atoms with E-state index in [4.69, 9.17) is 4.74 Å². The molecule has 0 heterocycles. The predicted octanol–water partition coefficient (Wildman–Crippen LogP) is 4.68. The quantitative estimate of drug-likeness (QED) is 0.391. The van der Waals surface area contributed by atoms with E-state index >= 15 is 0 Å². The van der Waals surface area contributed by atoms with E-state index < -0.39 is 0 Å². The topological polar surface area (TPSA) is 26.3 Å². The van der Waals surface area contributed by atoms with Crippen molar-refractivity contribution in [1.29, 1.82) is 0 Å². The van der Waals surface area contributed by atoms with E-state index in [2.05, 4.69) is 42.5 Å². The Labute approximate surface area is 121 Å². The monoisotopic (exact) mass is 272 g/mol. The summed E-state index contributed by atoms with van der Waals surface area (Å²) in [6, 6.07) is 22.7. The summed E-state index contributed by atoms with van der Waals surface area (Å²) < 4.78 is 4.92. The molecule has 2 heteroatoms. The standard InChI is InChI=1S/C19H12O2/c20-12-21-19-6-5-15-9-16-7-13-3-1-2-4-14(13)8-17(16)10-18(15)11-19/h1-12H. The van der Waals surface area contributed by atoms with E-state index in [0.29, 0.717) is 12.2 Å². The summed E-state index contributed by atoms with van der Waals surface area (Å²) >= 11 is 0. The second kappa shape index (κ2) is 4.60. The second-order valence-electron chi connectivity index (χ2n) is 5.12. The fourth-order valence-corrected chi connectivity index (χ4v) is 2.80. The van der Waals surface area contributed by atoms with Gasteiger partial charge in [-0.15, -0.1) is 0 Å². The highest BCUT2D eigenvalue weighted by atomic mass is 16.5. The summed E-state index contributed by atoms with van der Waals surface area (Å²) in [7, 11) is 0. The Balaban J connectivity index is 2.03. The van der Waals surface area contributed by atoms with Crippen LogP contribution in [-0.2, 0) is 4.79 Å². The zero-order valence-electron chi connectivity index (χ0n) is 11.2. The lowest BCUT2D eigenvalue weighted by Gasteiger charge is -2.06. The van der Waals surface area contributed by atoms with Crippen molar-refractivity contribution in [2.45, 2.75) is 0 Å². The Hall–Kier alpha value is -2.87. The van der Waals surface area contributed by atoms with Crippen molar-refractivity contribution in [3.05, 3.63) is 66.7 Å². The lowest BCUT2D eigenvalue weighted by atomic mass is 10.00. The molecule has 0 aliphatic rings. The Kier molecular flexibility index (Phi) is 2.61. The number of hydrogen-bond donors (Lipinski definition) is 0. The van der Waals surface area contributed by atoms with Crippen LogP contribution >= 0.6 is 0 Å². The predicted molar refractivity (Wildman–Crippen MR) is 85.7 cm³/mol. The fourth-order valence-electron chi connectivity index (χ4n) is 2.80. The van der Waals surface area contributed by atoms with Crippen molar-refractivity contribution >= 4 is 38.8 Å². The van der Waals surface area contributed by atoms with Gasteiger partial charge in [0.15, 0.2) is 0 Å². The number of carbonyl (C=O) groups is 1. The van der Waals surface area contributed by atoms with Crippen LogP contribution in [0.4, 0.5) is 0 Å². The Bertz CT molecular complexity index is 986. The summed E-state index contributed by atoms with van der Waals surface area (Å²) in [6.45, 7) is 0.454. The first kappa shape index (κ1) is 11.9. The zero-order valence-corrected chi connectivity index (χ0v) is 11.2. The maximum absolute atomic E-state index is 10.4. The molecule has 0 aromatic heterocycles. The molecule has 0 radical (unpaired) electrons. The van der Waals surface area contributed by atoms with Crippen LogP contribution in [0.1, 0.15) is 0 Å². The summed E-state index contributed by atoms with van der Waals surface area (Å²) in [5.41, 5.74) is 0. The number of carbonyl (C=O) groups excluding carboxylic acids is 1. The molecule has 0 aliphatic heterocycles. The van der Waals surface area contributed by atoms with Crippen LogP contribution in [0.2, 0.25) is 0 Å². The van der Waals surface area contributed by atoms with Crippen LogP contribution in [0.3, 0.4) is 0 Å². The molecule has 4 rings (SSSR count). The Morgan fingerprint density at radius 2 is 1.14 bits per heavy atom. The first-order valence-electron chi connectivity index (χ1n) is 6.80. The zero-order chi connectivity index (χ0) is 14.2. The molecule has 0 bridgehead atoms. The third-order valence-electron chi connectivity index (χ3n) is 3.82. The number of rotatable bonds is 2. The SMILES string of the molecule is O=COc1ccc2cc3cc4ccccc4cc3cc2c1. The summed E-state index contributed by atoms with van der Waals surface area (Å²) in [4.78, 5) is 10.4. The number of benzene rings is 4. The van der Waals surface area contributed by atoms with Gasteiger partial charge >= 0.3 is 0 Å². The summed E-state index contributed by atoms with van der Waals surface area (Å²) in [5.74, 6) is 0.567. The molecule has 0 atom stereocenters. The molecule has 4 aromatic carbocycles. The van der Waals surface area contributed by atoms with Crippen molar-refractivity contribution in [2.24, 2.45) is 0 Å². The van der Waals surface area contributed by atoms with Crippen molar-refractivity contribution in [1.82, 2.24) is 0 Å². The highest BCUT2D eigenvalue weighted by Crippen LogP contribution is 2.29. The third-order valence-corrected chi connectivity index (χ3v) is 3.82. The average molecular weight is 272 g/mol. The summed E-state index contributed by atoms with van der Waals surface area (Å²) in [5, 5.41) is 7.07. The maximum atomic E-state index is 10.4. The van der Waals surface area contributed by atoms with Gasteiger partial charge in [-0.25, -0.2) is 0 Å². The van der Waals surface area contributed by atoms with Gasteiger partial charge in [0.2, 0.25) is 0 Å². The molecule has 0 spiro atoms. The minimum atomic E-state index is 0.454. The van der Waals surface area contributed by atoms with Crippen molar-refractivity contribution in [3.63, 3.8) is 0 Å². The molecule has 100 valence electrons. The van der Waals surface area contributed by atoms with Gasteiger partial charge in [0.1, 0.15) is 5.75 Å². The van der Waals surface area contributed by atoms with Crippen molar-refractivity contribution in [3.8, 4) is 5.75 Å². The first-order chi connectivity index (χ1) is 10.3. The van der Waals surface area contributed by atoms with E-state index in [1.165, 1.54) is 21.5 Å². The van der Waals surface area contributed by atoms with Gasteiger partial charge in [-0.05, 0) is 68.7 Å². The van der Waals surface area contributed by atoms with E-state index in [1.54, 1.807) is 0 Å². The molecule has 0 saturated heterocycles. The normalized spacial score (nSPS) is 11.0. The van der Waals surface area contributed by atoms with Gasteiger partial charge in [-0.3, -0.25) is 4.79 Å². The second-order valence-corrected chi connectivity index (χ2v) is 5.12. The molecular weight excluding hydrogens is 260 g/mol. The molecule has 4 aromatic rings. The van der Waals surface area contributed by atoms with Gasteiger partial charge in [0.05, 0.1) is 0 Å². The third kappa shape index (κ3) is 2.01. The van der Waals surface area contributed by atoms with Gasteiger partial charge in [-0.2, -0.15) is 0 Å². The minimum Gasteiger partial charge on any atom is -0.429 e. The number of ether oxygens (including phenoxy) is 1. The first-order valence-corrected chi connectivity index (χ1v) is 6.80. The Morgan fingerprint density at radius 1 is 0.619 bits per heavy atom. The number of fused-ring (bicyclic) bond motifs is 3. The Morgan fingerprint density at radius 3 is 1.76 bits per heavy atom. The largest absolute Gasteiger partial charge is 0.429 e. The molecule has 0 fully saturated rings. The molecular formula is C19H12O2. The highest BCUT2D eigenvalue weighted by Gasteiger charge is 2.02. The van der Waals surface area contributed by atoms with E-state index in [-0.39, 0.29) is 0 Å². The summed E-state index contributed by atoms with van der Waals surface area (Å²) in [6.07, 6.45) is 0. The molecule has 0 unspecified atom stereocenters. The van der Waals surface area contributed by atoms with Gasteiger partial charge < -0.3 is 4.74 Å². The highest BCUT2D eigenvalue weighted by molar-refractivity contribution is 6.04. The number of hydrogen-bond acceptors (Lipinski definition) is 2. The van der Waals surface area contributed by atoms with Crippen molar-refractivity contribution < 1.29 is 9.53 Å². The van der Waals surface area contributed by atoms with Crippen LogP contribution in [0, 0.1) is 0 Å². The molecule has 21 heavy (non-hydrogen) atoms. The lowest BCUT2D eigenvalue weighted by Crippen LogP contribution is -1.88. The smallest absolute Gasteiger partial charge is 0.298 e. The van der Waals surface area contributed by atoms with Crippen LogP contribution in [-0.4, -0.2) is 6.47 Å². The van der Waals surface area contributed by atoms with Gasteiger partial charge in [-0.1, -0.05) is 30.3 Å². The minimum absolute atomic E-state index is 0.454. The molecule has 2 nitrogen and oxygen atoms in total. The molecule has 0 saturated carbocycles. The van der Waals surface area contributed by atoms with E-state index in [0.717, 1.165) is 10.8 Å². The van der Waals surface area contributed by atoms with Gasteiger partial charge in [0, 0.05) is 0 Å². The maximum Gasteiger partial charge on any atom is 0.298 e. The average Bonchev–Trinajstić information content (AvgIpc) is 2.51. The van der Waals surface area contributed by atoms with E-state index in [1.807, 2.05) is 24.3 Å². The van der Waals surface area contributed by atoms with Crippen molar-refractivity contribution in [2.75, 3.05) is 0 Å². The van der Waals surface area contributed by atoms with Gasteiger partial charge in [0.25, 0.3) is 6.47 Å². The van der Waals surface area contributed by atoms with E-state index in [9.17, 15) is 4.79 Å². The molecule has 0 amide bonds. The van der Waals surface area contributed by atoms with Crippen LogP contribution < -0.4 is 4.74 Å². The van der Waals surface area contributed by atoms with Crippen LogP contribution in [0.25, 0.3) is 32.3 Å². The molecule has 0 aliphatic carbocycles. The lowest BCUT2D eigenvalue weighted by molar-refractivity contribution is -0.120. The molecule has 0 N–H and O–H groups in total. The van der Waals surface area contributed by atoms with Crippen LogP contribution in [0.15, 0.2) is 66.7 Å². The van der Waals surface area contributed by atoms with Crippen LogP contribution in [0.5, 0.6) is 5.75 Å². The fraction of sp³-hybridized carbons (Fsp3) is 0.